The van der Waals surface area contributed by atoms with Crippen molar-refractivity contribution in [2.75, 3.05) is 20.3 Å². The van der Waals surface area contributed by atoms with Gasteiger partial charge in [-0.2, -0.15) is 0 Å². The van der Waals surface area contributed by atoms with Crippen LogP contribution in [0.3, 0.4) is 0 Å². The molecule has 0 fully saturated rings. The molecule has 1 N–H and O–H groups in total. The quantitative estimate of drug-likeness (QED) is 0.623. The summed E-state index contributed by atoms with van der Waals surface area (Å²) in [5.74, 6) is -0.0684. The monoisotopic (exact) mass is 229 g/mol. The van der Waals surface area contributed by atoms with Gasteiger partial charge in [0.05, 0.1) is 0 Å². The fraction of sp³-hybridized carbons (Fsp3) is 0.727. The van der Waals surface area contributed by atoms with Crippen LogP contribution in [0.4, 0.5) is 0 Å². The molecule has 0 atom stereocenters. The lowest BCUT2D eigenvalue weighted by atomic mass is 10.2. The Balaban J connectivity index is 3.43. The van der Waals surface area contributed by atoms with Crippen molar-refractivity contribution in [2.24, 2.45) is 0 Å². The number of rotatable bonds is 9. The topological polar surface area (TPSA) is 72.5 Å². The number of methoxy groups -OCH3 is 1. The standard InChI is InChI=1S/C11H19NO4/c1-9(13)6-7-12-11(15)5-3-4-10(14)8-16-2/h3-8H2,1-2H3,(H,12,15). The first-order valence-electron chi connectivity index (χ1n) is 5.33. The van der Waals surface area contributed by atoms with Gasteiger partial charge in [0.1, 0.15) is 12.4 Å². The van der Waals surface area contributed by atoms with Crippen LogP contribution >= 0.6 is 0 Å². The highest BCUT2D eigenvalue weighted by Gasteiger charge is 2.04. The van der Waals surface area contributed by atoms with Gasteiger partial charge in [0, 0.05) is 32.9 Å². The first-order valence-corrected chi connectivity index (χ1v) is 5.33. The fourth-order valence-corrected chi connectivity index (χ4v) is 1.15. The minimum absolute atomic E-state index is 0.000893. The number of carbonyl (C=O) groups is 3. The SMILES string of the molecule is COCC(=O)CCCC(=O)NCCC(C)=O. The first kappa shape index (κ1) is 14.8. The number of nitrogens with one attached hydrogen (secondary N) is 1. The highest BCUT2D eigenvalue weighted by Crippen LogP contribution is 1.97. The predicted molar refractivity (Wildman–Crippen MR) is 59.0 cm³/mol. The molecular weight excluding hydrogens is 210 g/mol. The molecule has 0 aromatic rings. The molecular formula is C11H19NO4. The molecule has 0 saturated heterocycles. The van der Waals surface area contributed by atoms with E-state index in [2.05, 4.69) is 10.1 Å². The fourth-order valence-electron chi connectivity index (χ4n) is 1.15. The van der Waals surface area contributed by atoms with Crippen LogP contribution in [0.15, 0.2) is 0 Å². The molecule has 0 rings (SSSR count). The van der Waals surface area contributed by atoms with Gasteiger partial charge in [-0.15, -0.1) is 0 Å². The summed E-state index contributed by atoms with van der Waals surface area (Å²) in [6.45, 7) is 1.96. The van der Waals surface area contributed by atoms with Crippen LogP contribution in [0, 0.1) is 0 Å². The zero-order valence-electron chi connectivity index (χ0n) is 9.88. The summed E-state index contributed by atoms with van der Waals surface area (Å²) < 4.78 is 4.66. The van der Waals surface area contributed by atoms with E-state index in [0.717, 1.165) is 0 Å². The number of ether oxygens (including phenoxy) is 1. The van der Waals surface area contributed by atoms with Crippen LogP contribution in [-0.2, 0) is 19.1 Å². The van der Waals surface area contributed by atoms with Gasteiger partial charge in [-0.3, -0.25) is 14.4 Å². The lowest BCUT2D eigenvalue weighted by molar-refractivity contribution is -0.123. The zero-order chi connectivity index (χ0) is 12.4. The Labute approximate surface area is 95.5 Å². The number of carbonyl (C=O) groups excluding carboxylic acids is 3. The van der Waals surface area contributed by atoms with Crippen LogP contribution in [-0.4, -0.2) is 37.7 Å². The summed E-state index contributed by atoms with van der Waals surface area (Å²) in [6.07, 6.45) is 1.55. The van der Waals surface area contributed by atoms with Gasteiger partial charge in [-0.1, -0.05) is 0 Å². The molecule has 0 unspecified atom stereocenters. The Kier molecular flexibility index (Phi) is 8.34. The van der Waals surface area contributed by atoms with Crippen LogP contribution in [0.2, 0.25) is 0 Å². The molecule has 0 heterocycles. The Morgan fingerprint density at radius 3 is 2.38 bits per heavy atom. The van der Waals surface area contributed by atoms with Crippen LogP contribution < -0.4 is 5.32 Å². The van der Waals surface area contributed by atoms with E-state index in [9.17, 15) is 14.4 Å². The number of ketones is 2. The van der Waals surface area contributed by atoms with E-state index in [0.29, 0.717) is 32.2 Å². The molecule has 0 bridgehead atoms. The maximum absolute atomic E-state index is 11.2. The van der Waals surface area contributed by atoms with Gasteiger partial charge in [0.2, 0.25) is 5.91 Å². The van der Waals surface area contributed by atoms with Crippen LogP contribution in [0.1, 0.15) is 32.6 Å². The minimum atomic E-state index is -0.119. The molecule has 0 aromatic carbocycles. The summed E-state index contributed by atoms with van der Waals surface area (Å²) in [5.41, 5.74) is 0. The maximum atomic E-state index is 11.2. The number of hydrogen-bond donors (Lipinski definition) is 1. The van der Waals surface area contributed by atoms with Gasteiger partial charge in [0.15, 0.2) is 5.78 Å². The van der Waals surface area contributed by atoms with Crippen LogP contribution in [0.25, 0.3) is 0 Å². The van der Waals surface area contributed by atoms with Gasteiger partial charge >= 0.3 is 0 Å². The Morgan fingerprint density at radius 1 is 1.12 bits per heavy atom. The molecule has 0 spiro atoms. The molecule has 0 aliphatic heterocycles. The van der Waals surface area contributed by atoms with Gasteiger partial charge in [0.25, 0.3) is 0 Å². The molecule has 92 valence electrons. The number of hydrogen-bond acceptors (Lipinski definition) is 4. The summed E-state index contributed by atoms with van der Waals surface area (Å²) >= 11 is 0. The van der Waals surface area contributed by atoms with Crippen molar-refractivity contribution in [3.63, 3.8) is 0 Å². The molecule has 0 aromatic heterocycles. The van der Waals surface area contributed by atoms with E-state index in [1.54, 1.807) is 0 Å². The second kappa shape index (κ2) is 9.03. The Morgan fingerprint density at radius 2 is 1.81 bits per heavy atom. The van der Waals surface area contributed by atoms with Crippen LogP contribution in [0.5, 0.6) is 0 Å². The Hall–Kier alpha value is -1.23. The number of Topliss-reactive ketones (excluding diaryl/α,β-unsaturated/α-hetero) is 2. The van der Waals surface area contributed by atoms with Crippen molar-refractivity contribution in [2.45, 2.75) is 32.6 Å². The first-order chi connectivity index (χ1) is 7.56. The third-order valence-corrected chi connectivity index (χ3v) is 1.96. The summed E-state index contributed by atoms with van der Waals surface area (Å²) in [4.78, 5) is 32.8. The highest BCUT2D eigenvalue weighted by atomic mass is 16.5. The van der Waals surface area contributed by atoms with Crippen molar-refractivity contribution >= 4 is 17.5 Å². The lowest BCUT2D eigenvalue weighted by Gasteiger charge is -2.03. The van der Waals surface area contributed by atoms with E-state index in [4.69, 9.17) is 0 Å². The highest BCUT2D eigenvalue weighted by molar-refractivity contribution is 5.81. The summed E-state index contributed by atoms with van der Waals surface area (Å²) in [5, 5.41) is 2.62. The second-order valence-corrected chi connectivity index (χ2v) is 3.63. The molecule has 0 aliphatic carbocycles. The second-order valence-electron chi connectivity index (χ2n) is 3.63. The van der Waals surface area contributed by atoms with Gasteiger partial charge in [-0.25, -0.2) is 0 Å². The number of amides is 1. The van der Waals surface area contributed by atoms with Crippen molar-refractivity contribution in [1.29, 1.82) is 0 Å². The van der Waals surface area contributed by atoms with E-state index in [-0.39, 0.29) is 24.1 Å². The van der Waals surface area contributed by atoms with E-state index < -0.39 is 0 Å². The van der Waals surface area contributed by atoms with E-state index in [1.165, 1.54) is 14.0 Å². The Bertz CT molecular complexity index is 250. The van der Waals surface area contributed by atoms with E-state index in [1.807, 2.05) is 0 Å². The molecule has 5 nitrogen and oxygen atoms in total. The molecule has 0 radical (unpaired) electrons. The third-order valence-electron chi connectivity index (χ3n) is 1.96. The molecule has 16 heavy (non-hydrogen) atoms. The summed E-state index contributed by atoms with van der Waals surface area (Å²) in [7, 11) is 1.46. The largest absolute Gasteiger partial charge is 0.377 e. The maximum Gasteiger partial charge on any atom is 0.220 e. The normalized spacial score (nSPS) is 9.88. The summed E-state index contributed by atoms with van der Waals surface area (Å²) in [6, 6.07) is 0. The molecule has 0 aliphatic rings. The molecule has 0 saturated carbocycles. The third kappa shape index (κ3) is 9.33. The van der Waals surface area contributed by atoms with Gasteiger partial charge < -0.3 is 10.1 Å². The smallest absolute Gasteiger partial charge is 0.220 e. The molecule has 5 heteroatoms. The molecule has 1 amide bonds. The van der Waals surface area contributed by atoms with Gasteiger partial charge in [-0.05, 0) is 13.3 Å². The van der Waals surface area contributed by atoms with Crippen molar-refractivity contribution in [3.05, 3.63) is 0 Å². The minimum Gasteiger partial charge on any atom is -0.377 e. The van der Waals surface area contributed by atoms with E-state index >= 15 is 0 Å². The van der Waals surface area contributed by atoms with Crippen molar-refractivity contribution in [1.82, 2.24) is 5.32 Å². The van der Waals surface area contributed by atoms with Crippen molar-refractivity contribution in [3.8, 4) is 0 Å². The van der Waals surface area contributed by atoms with Crippen molar-refractivity contribution < 1.29 is 19.1 Å². The zero-order valence-corrected chi connectivity index (χ0v) is 9.88. The average molecular weight is 229 g/mol. The predicted octanol–water partition coefficient (Wildman–Crippen LogP) is 0.468. The average Bonchev–Trinajstić information content (AvgIpc) is 2.17. The lowest BCUT2D eigenvalue weighted by Crippen LogP contribution is -2.25.